The van der Waals surface area contributed by atoms with Gasteiger partial charge in [-0.15, -0.1) is 0 Å². The molecule has 0 unspecified atom stereocenters. The zero-order valence-electron chi connectivity index (χ0n) is 12.4. The van der Waals surface area contributed by atoms with Gasteiger partial charge in [0.05, 0.1) is 5.60 Å². The second kappa shape index (κ2) is 5.30. The van der Waals surface area contributed by atoms with Gasteiger partial charge in [-0.3, -0.25) is 9.59 Å². The smallest absolute Gasteiger partial charge is 0.259 e. The number of hydrogen-bond acceptors (Lipinski definition) is 3. The summed E-state index contributed by atoms with van der Waals surface area (Å²) in [6.45, 7) is 2.75. The van der Waals surface area contributed by atoms with Crippen molar-refractivity contribution >= 4 is 5.91 Å². The normalized spacial score (nSPS) is 21.9. The van der Waals surface area contributed by atoms with Gasteiger partial charge < -0.3 is 15.0 Å². The fourth-order valence-corrected chi connectivity index (χ4v) is 3.37. The Morgan fingerprint density at radius 3 is 2.57 bits per heavy atom. The van der Waals surface area contributed by atoms with E-state index in [4.69, 9.17) is 0 Å². The molecule has 2 fully saturated rings. The quantitative estimate of drug-likeness (QED) is 0.866. The Morgan fingerprint density at radius 2 is 2.00 bits per heavy atom. The van der Waals surface area contributed by atoms with Crippen LogP contribution >= 0.6 is 0 Å². The van der Waals surface area contributed by atoms with Crippen LogP contribution in [0.15, 0.2) is 17.2 Å². The lowest BCUT2D eigenvalue weighted by atomic mass is 9.69. The Kier molecular flexibility index (Phi) is 3.61. The van der Waals surface area contributed by atoms with Crippen LogP contribution in [0.2, 0.25) is 0 Å². The van der Waals surface area contributed by atoms with Crippen molar-refractivity contribution in [1.82, 2.24) is 9.88 Å². The second-order valence-electron chi connectivity index (χ2n) is 6.40. The van der Waals surface area contributed by atoms with Gasteiger partial charge in [0.15, 0.2) is 5.43 Å². The minimum atomic E-state index is -0.603. The van der Waals surface area contributed by atoms with Crippen LogP contribution < -0.4 is 5.43 Å². The maximum Gasteiger partial charge on any atom is 0.259 e. The Bertz CT molecular complexity index is 596. The van der Waals surface area contributed by atoms with Gasteiger partial charge in [-0.25, -0.2) is 0 Å². The van der Waals surface area contributed by atoms with Crippen molar-refractivity contribution in [2.24, 2.45) is 5.92 Å². The molecule has 21 heavy (non-hydrogen) atoms. The van der Waals surface area contributed by atoms with Crippen LogP contribution in [0, 0.1) is 12.8 Å². The van der Waals surface area contributed by atoms with Gasteiger partial charge in [0, 0.05) is 31.0 Å². The van der Waals surface area contributed by atoms with Crippen LogP contribution in [-0.4, -0.2) is 39.6 Å². The van der Waals surface area contributed by atoms with E-state index in [0.29, 0.717) is 37.4 Å². The molecule has 114 valence electrons. The largest absolute Gasteiger partial charge is 0.389 e. The lowest BCUT2D eigenvalue weighted by Gasteiger charge is -2.46. The first-order chi connectivity index (χ1) is 10.0. The SMILES string of the molecule is Cc1c[nH]cc(C(=O)N2CCC(O)(C3CCC3)CC2)c1=O. The lowest BCUT2D eigenvalue weighted by Crippen LogP contribution is -2.52. The first kappa shape index (κ1) is 14.3. The third-order valence-electron chi connectivity index (χ3n) is 5.14. The first-order valence-corrected chi connectivity index (χ1v) is 7.70. The number of nitrogens with zero attached hydrogens (tertiary/aromatic N) is 1. The highest BCUT2D eigenvalue weighted by Gasteiger charge is 2.43. The third-order valence-corrected chi connectivity index (χ3v) is 5.14. The van der Waals surface area contributed by atoms with Gasteiger partial charge in [0.1, 0.15) is 5.56 Å². The van der Waals surface area contributed by atoms with Crippen LogP contribution in [0.3, 0.4) is 0 Å². The van der Waals surface area contributed by atoms with Gasteiger partial charge in [-0.1, -0.05) is 6.42 Å². The number of nitrogens with one attached hydrogen (secondary N) is 1. The number of aromatic nitrogens is 1. The highest BCUT2D eigenvalue weighted by atomic mass is 16.3. The fourth-order valence-electron chi connectivity index (χ4n) is 3.37. The van der Waals surface area contributed by atoms with Crippen molar-refractivity contribution in [3.63, 3.8) is 0 Å². The summed E-state index contributed by atoms with van der Waals surface area (Å²) in [4.78, 5) is 29.0. The highest BCUT2D eigenvalue weighted by molar-refractivity contribution is 5.94. The van der Waals surface area contributed by atoms with Crippen molar-refractivity contribution in [2.75, 3.05) is 13.1 Å². The van der Waals surface area contributed by atoms with Gasteiger partial charge in [0.25, 0.3) is 5.91 Å². The van der Waals surface area contributed by atoms with E-state index in [1.54, 1.807) is 18.0 Å². The van der Waals surface area contributed by atoms with E-state index in [1.807, 2.05) is 0 Å². The molecular formula is C16H22N2O3. The van der Waals surface area contributed by atoms with Crippen LogP contribution in [0.4, 0.5) is 0 Å². The maximum atomic E-state index is 12.5. The molecule has 1 aromatic heterocycles. The molecule has 0 bridgehead atoms. The van der Waals surface area contributed by atoms with Crippen LogP contribution in [-0.2, 0) is 0 Å². The van der Waals surface area contributed by atoms with E-state index < -0.39 is 5.60 Å². The molecule has 0 radical (unpaired) electrons. The summed E-state index contributed by atoms with van der Waals surface area (Å²) in [5.41, 5.74) is -0.0693. The van der Waals surface area contributed by atoms with E-state index in [-0.39, 0.29) is 16.9 Å². The van der Waals surface area contributed by atoms with Gasteiger partial charge in [0.2, 0.25) is 0 Å². The molecule has 1 amide bonds. The Labute approximate surface area is 124 Å². The van der Waals surface area contributed by atoms with E-state index in [1.165, 1.54) is 12.6 Å². The predicted octanol–water partition coefficient (Wildman–Crippen LogP) is 1.45. The van der Waals surface area contributed by atoms with Gasteiger partial charge in [-0.2, -0.15) is 0 Å². The topological polar surface area (TPSA) is 73.4 Å². The van der Waals surface area contributed by atoms with Crippen molar-refractivity contribution in [3.8, 4) is 0 Å². The highest BCUT2D eigenvalue weighted by Crippen LogP contribution is 2.41. The molecule has 0 spiro atoms. The minimum Gasteiger partial charge on any atom is -0.389 e. The molecule has 2 aliphatic rings. The molecular weight excluding hydrogens is 268 g/mol. The summed E-state index contributed by atoms with van der Waals surface area (Å²) in [5.74, 6) is 0.174. The lowest BCUT2D eigenvalue weighted by molar-refractivity contribution is -0.0862. The summed E-state index contributed by atoms with van der Waals surface area (Å²) in [7, 11) is 0. The molecule has 0 atom stereocenters. The van der Waals surface area contributed by atoms with Crippen molar-refractivity contribution < 1.29 is 9.90 Å². The number of pyridine rings is 1. The molecule has 3 rings (SSSR count). The molecule has 2 N–H and O–H groups in total. The molecule has 2 heterocycles. The molecule has 5 nitrogen and oxygen atoms in total. The maximum absolute atomic E-state index is 12.5. The molecule has 1 aliphatic heterocycles. The van der Waals surface area contributed by atoms with E-state index in [9.17, 15) is 14.7 Å². The zero-order chi connectivity index (χ0) is 15.0. The third kappa shape index (κ3) is 2.50. The first-order valence-electron chi connectivity index (χ1n) is 7.70. The summed E-state index contributed by atoms with van der Waals surface area (Å²) in [5, 5.41) is 10.7. The van der Waals surface area contributed by atoms with Crippen molar-refractivity contribution in [2.45, 2.75) is 44.6 Å². The molecule has 0 aromatic carbocycles. The van der Waals surface area contributed by atoms with Crippen LogP contribution in [0.5, 0.6) is 0 Å². The monoisotopic (exact) mass is 290 g/mol. The molecule has 1 saturated heterocycles. The van der Waals surface area contributed by atoms with Crippen LogP contribution in [0.1, 0.15) is 48.0 Å². The van der Waals surface area contributed by atoms with Crippen molar-refractivity contribution in [3.05, 3.63) is 33.7 Å². The van der Waals surface area contributed by atoms with E-state index >= 15 is 0 Å². The second-order valence-corrected chi connectivity index (χ2v) is 6.40. The number of aryl methyl sites for hydroxylation is 1. The van der Waals surface area contributed by atoms with E-state index in [0.717, 1.165) is 12.8 Å². The Hall–Kier alpha value is -1.62. The van der Waals surface area contributed by atoms with E-state index in [2.05, 4.69) is 4.98 Å². The van der Waals surface area contributed by atoms with Gasteiger partial charge >= 0.3 is 0 Å². The Morgan fingerprint density at radius 1 is 1.33 bits per heavy atom. The molecule has 5 heteroatoms. The summed E-state index contributed by atoms with van der Waals surface area (Å²) < 4.78 is 0. The fraction of sp³-hybridized carbons (Fsp3) is 0.625. The number of aromatic amines is 1. The summed E-state index contributed by atoms with van der Waals surface area (Å²) in [6.07, 6.45) is 7.72. The van der Waals surface area contributed by atoms with Crippen molar-refractivity contribution in [1.29, 1.82) is 0 Å². The predicted molar refractivity (Wildman–Crippen MR) is 79.2 cm³/mol. The summed E-state index contributed by atoms with van der Waals surface area (Å²) in [6, 6.07) is 0. The standard InChI is InChI=1S/C16H22N2O3/c1-11-9-17-10-13(14(11)19)15(20)18-7-5-16(21,6-8-18)12-3-2-4-12/h9-10,12,21H,2-8H2,1H3,(H,17,19). The number of aliphatic hydroxyl groups is 1. The van der Waals surface area contributed by atoms with Gasteiger partial charge in [-0.05, 0) is 38.5 Å². The summed E-state index contributed by atoms with van der Waals surface area (Å²) >= 11 is 0. The minimum absolute atomic E-state index is 0.198. The number of amides is 1. The molecule has 1 saturated carbocycles. The number of likely N-dealkylation sites (tertiary alicyclic amines) is 1. The number of rotatable bonds is 2. The average molecular weight is 290 g/mol. The average Bonchev–Trinajstić information content (AvgIpc) is 2.40. The number of carbonyl (C=O) groups excluding carboxylic acids is 1. The Balaban J connectivity index is 1.70. The molecule has 1 aromatic rings. The molecule has 1 aliphatic carbocycles. The number of hydrogen-bond donors (Lipinski definition) is 2. The number of piperidine rings is 1. The number of H-pyrrole nitrogens is 1. The van der Waals surface area contributed by atoms with Crippen LogP contribution in [0.25, 0.3) is 0 Å². The number of carbonyl (C=O) groups is 1. The zero-order valence-corrected chi connectivity index (χ0v) is 12.4.